The number of H-pyrrole nitrogens is 1. The third-order valence-corrected chi connectivity index (χ3v) is 4.29. The lowest BCUT2D eigenvalue weighted by molar-refractivity contribution is 0.165. The topological polar surface area (TPSA) is 31.9 Å². The van der Waals surface area contributed by atoms with E-state index in [2.05, 4.69) is 52.4 Å². The second-order valence-electron chi connectivity index (χ2n) is 5.96. The second kappa shape index (κ2) is 6.23. The first-order valence-corrected chi connectivity index (χ1v) is 7.56. The highest BCUT2D eigenvalue weighted by Crippen LogP contribution is 2.22. The average molecular weight is 269 g/mol. The van der Waals surface area contributed by atoms with Gasteiger partial charge in [-0.1, -0.05) is 30.3 Å². The third-order valence-electron chi connectivity index (χ3n) is 4.29. The summed E-state index contributed by atoms with van der Waals surface area (Å²) in [4.78, 5) is 2.57. The Morgan fingerprint density at radius 2 is 2.15 bits per heavy atom. The Morgan fingerprint density at radius 1 is 1.30 bits per heavy atom. The van der Waals surface area contributed by atoms with Crippen molar-refractivity contribution in [1.29, 1.82) is 0 Å². The Hall–Kier alpha value is -1.61. The van der Waals surface area contributed by atoms with Gasteiger partial charge in [-0.2, -0.15) is 5.10 Å². The van der Waals surface area contributed by atoms with Gasteiger partial charge in [0.05, 0.1) is 11.9 Å². The number of aromatic nitrogens is 2. The molecule has 1 aromatic carbocycles. The minimum atomic E-state index is 0.786. The smallest absolute Gasteiger partial charge is 0.0521 e. The first-order chi connectivity index (χ1) is 9.81. The fourth-order valence-electron chi connectivity index (χ4n) is 3.17. The van der Waals surface area contributed by atoms with E-state index < -0.39 is 0 Å². The predicted molar refractivity (Wildman–Crippen MR) is 81.5 cm³/mol. The van der Waals surface area contributed by atoms with Crippen molar-refractivity contribution >= 4 is 0 Å². The highest BCUT2D eigenvalue weighted by Gasteiger charge is 2.20. The number of hydrogen-bond donors (Lipinski definition) is 1. The largest absolute Gasteiger partial charge is 0.297 e. The molecule has 1 N–H and O–H groups in total. The summed E-state index contributed by atoms with van der Waals surface area (Å²) in [5.74, 6) is 0.786. The van der Waals surface area contributed by atoms with Gasteiger partial charge in [-0.25, -0.2) is 0 Å². The van der Waals surface area contributed by atoms with E-state index in [1.165, 1.54) is 49.2 Å². The van der Waals surface area contributed by atoms with E-state index in [9.17, 15) is 0 Å². The van der Waals surface area contributed by atoms with Gasteiger partial charge in [0.25, 0.3) is 0 Å². The molecule has 20 heavy (non-hydrogen) atoms. The van der Waals surface area contributed by atoms with E-state index >= 15 is 0 Å². The number of aryl methyl sites for hydroxylation is 1. The Labute approximate surface area is 121 Å². The van der Waals surface area contributed by atoms with Crippen LogP contribution in [0.15, 0.2) is 36.5 Å². The van der Waals surface area contributed by atoms with E-state index in [0.717, 1.165) is 12.5 Å². The molecule has 106 valence electrons. The molecule has 1 aliphatic heterocycles. The molecule has 1 atom stereocenters. The van der Waals surface area contributed by atoms with Crippen molar-refractivity contribution in [2.24, 2.45) is 5.92 Å². The summed E-state index contributed by atoms with van der Waals surface area (Å²) in [7, 11) is 0. The molecule has 1 saturated heterocycles. The number of nitrogens with zero attached hydrogens (tertiary/aromatic N) is 2. The molecule has 0 saturated carbocycles. The zero-order valence-corrected chi connectivity index (χ0v) is 12.2. The van der Waals surface area contributed by atoms with Gasteiger partial charge in [-0.15, -0.1) is 0 Å². The Morgan fingerprint density at radius 3 is 2.90 bits per heavy atom. The van der Waals surface area contributed by atoms with E-state index in [0.29, 0.717) is 0 Å². The average Bonchev–Trinajstić information content (AvgIpc) is 2.86. The third kappa shape index (κ3) is 3.28. The van der Waals surface area contributed by atoms with E-state index in [-0.39, 0.29) is 0 Å². The van der Waals surface area contributed by atoms with Crippen LogP contribution in [0.1, 0.15) is 29.7 Å². The van der Waals surface area contributed by atoms with Crippen LogP contribution < -0.4 is 0 Å². The summed E-state index contributed by atoms with van der Waals surface area (Å²) in [5, 5.41) is 7.25. The van der Waals surface area contributed by atoms with Crippen LogP contribution in [0.5, 0.6) is 0 Å². The number of nitrogens with one attached hydrogen (secondary N) is 1. The molecular weight excluding hydrogens is 246 g/mol. The van der Waals surface area contributed by atoms with Crippen molar-refractivity contribution in [3.05, 3.63) is 53.3 Å². The van der Waals surface area contributed by atoms with Crippen molar-refractivity contribution in [3.8, 4) is 0 Å². The summed E-state index contributed by atoms with van der Waals surface area (Å²) in [6.45, 7) is 5.55. The SMILES string of the molecule is Cc1cn[nH]c1CN1CCCC(Cc2ccccc2)C1. The molecule has 3 rings (SSSR count). The molecule has 2 aromatic rings. The molecule has 2 heterocycles. The molecule has 1 aliphatic rings. The van der Waals surface area contributed by atoms with Gasteiger partial charge in [0.15, 0.2) is 0 Å². The van der Waals surface area contributed by atoms with Gasteiger partial charge in [0.1, 0.15) is 0 Å². The number of hydrogen-bond acceptors (Lipinski definition) is 2. The van der Waals surface area contributed by atoms with Gasteiger partial charge >= 0.3 is 0 Å². The van der Waals surface area contributed by atoms with Crippen LogP contribution in [0.4, 0.5) is 0 Å². The number of likely N-dealkylation sites (tertiary alicyclic amines) is 1. The van der Waals surface area contributed by atoms with Crippen LogP contribution in [0.2, 0.25) is 0 Å². The normalized spacial score (nSPS) is 20.1. The van der Waals surface area contributed by atoms with Crippen LogP contribution in [0.3, 0.4) is 0 Å². The van der Waals surface area contributed by atoms with Gasteiger partial charge in [-0.3, -0.25) is 10.00 Å². The van der Waals surface area contributed by atoms with Gasteiger partial charge < -0.3 is 0 Å². The first-order valence-electron chi connectivity index (χ1n) is 7.56. The fraction of sp³-hybridized carbons (Fsp3) is 0.471. The van der Waals surface area contributed by atoms with Crippen molar-refractivity contribution in [3.63, 3.8) is 0 Å². The molecule has 3 heteroatoms. The summed E-state index contributed by atoms with van der Waals surface area (Å²) < 4.78 is 0. The van der Waals surface area contributed by atoms with Crippen LogP contribution in [-0.2, 0) is 13.0 Å². The molecule has 0 bridgehead atoms. The van der Waals surface area contributed by atoms with E-state index in [1.54, 1.807) is 0 Å². The van der Waals surface area contributed by atoms with Crippen LogP contribution in [-0.4, -0.2) is 28.2 Å². The van der Waals surface area contributed by atoms with Gasteiger partial charge in [-0.05, 0) is 49.8 Å². The standard InChI is InChI=1S/C17H23N3/c1-14-11-18-19-17(14)13-20-9-5-8-16(12-20)10-15-6-3-2-4-7-15/h2-4,6-7,11,16H,5,8-10,12-13H2,1H3,(H,18,19). The summed E-state index contributed by atoms with van der Waals surface area (Å²) in [6.07, 6.45) is 5.79. The maximum absolute atomic E-state index is 4.12. The summed E-state index contributed by atoms with van der Waals surface area (Å²) >= 11 is 0. The number of benzene rings is 1. The molecule has 3 nitrogen and oxygen atoms in total. The highest BCUT2D eigenvalue weighted by atomic mass is 15.2. The second-order valence-corrected chi connectivity index (χ2v) is 5.96. The van der Waals surface area contributed by atoms with Crippen LogP contribution in [0.25, 0.3) is 0 Å². The lowest BCUT2D eigenvalue weighted by atomic mass is 9.91. The molecular formula is C17H23N3. The molecule has 1 unspecified atom stereocenters. The Bertz CT molecular complexity index is 532. The fourth-order valence-corrected chi connectivity index (χ4v) is 3.17. The minimum absolute atomic E-state index is 0.786. The summed E-state index contributed by atoms with van der Waals surface area (Å²) in [5.41, 5.74) is 4.01. The van der Waals surface area contributed by atoms with Gasteiger partial charge in [0.2, 0.25) is 0 Å². The Balaban J connectivity index is 1.58. The maximum atomic E-state index is 4.12. The molecule has 1 aromatic heterocycles. The van der Waals surface area contributed by atoms with E-state index in [4.69, 9.17) is 0 Å². The predicted octanol–water partition coefficient (Wildman–Crippen LogP) is 3.17. The molecule has 0 aliphatic carbocycles. The minimum Gasteiger partial charge on any atom is -0.297 e. The number of aromatic amines is 1. The van der Waals surface area contributed by atoms with Crippen molar-refractivity contribution in [1.82, 2.24) is 15.1 Å². The highest BCUT2D eigenvalue weighted by molar-refractivity contribution is 5.16. The quantitative estimate of drug-likeness (QED) is 0.924. The number of rotatable bonds is 4. The lowest BCUT2D eigenvalue weighted by Crippen LogP contribution is -2.36. The van der Waals surface area contributed by atoms with Crippen molar-refractivity contribution in [2.45, 2.75) is 32.7 Å². The molecule has 0 amide bonds. The number of piperidine rings is 1. The summed E-state index contributed by atoms with van der Waals surface area (Å²) in [6, 6.07) is 10.9. The zero-order chi connectivity index (χ0) is 13.8. The zero-order valence-electron chi connectivity index (χ0n) is 12.2. The molecule has 0 spiro atoms. The van der Waals surface area contributed by atoms with Crippen molar-refractivity contribution < 1.29 is 0 Å². The van der Waals surface area contributed by atoms with E-state index in [1.807, 2.05) is 6.20 Å². The molecule has 0 radical (unpaired) electrons. The van der Waals surface area contributed by atoms with Gasteiger partial charge in [0, 0.05) is 13.1 Å². The van der Waals surface area contributed by atoms with Crippen LogP contribution >= 0.6 is 0 Å². The van der Waals surface area contributed by atoms with Crippen molar-refractivity contribution in [2.75, 3.05) is 13.1 Å². The lowest BCUT2D eigenvalue weighted by Gasteiger charge is -2.32. The van der Waals surface area contributed by atoms with Crippen LogP contribution in [0, 0.1) is 12.8 Å². The molecule has 1 fully saturated rings. The monoisotopic (exact) mass is 269 g/mol. The first kappa shape index (κ1) is 13.4. The maximum Gasteiger partial charge on any atom is 0.0521 e. The Kier molecular flexibility index (Phi) is 4.16.